The van der Waals surface area contributed by atoms with Crippen molar-refractivity contribution in [2.45, 2.75) is 45.2 Å². The molecule has 2 heteroatoms. The number of ether oxygens (including phenoxy) is 1. The van der Waals surface area contributed by atoms with Gasteiger partial charge in [0.2, 0.25) is 0 Å². The van der Waals surface area contributed by atoms with E-state index in [1.165, 1.54) is 30.4 Å². The van der Waals surface area contributed by atoms with Crippen LogP contribution in [0.5, 0.6) is 5.75 Å². The van der Waals surface area contributed by atoms with Crippen LogP contribution in [0.2, 0.25) is 0 Å². The molecule has 2 rings (SSSR count). The number of methoxy groups -OCH3 is 1. The Morgan fingerprint density at radius 2 is 2.12 bits per heavy atom. The molecule has 0 heterocycles. The second-order valence-electron chi connectivity index (χ2n) is 5.07. The maximum Gasteiger partial charge on any atom is 0.121 e. The van der Waals surface area contributed by atoms with E-state index in [1.54, 1.807) is 7.11 Å². The zero-order valence-electron chi connectivity index (χ0n) is 10.5. The molecule has 0 bridgehead atoms. The summed E-state index contributed by atoms with van der Waals surface area (Å²) in [4.78, 5) is 0. The Kier molecular flexibility index (Phi) is 3.20. The minimum Gasteiger partial charge on any atom is -0.496 e. The fraction of sp³-hybridized carbons (Fsp3) is 0.571. The Labute approximate surface area is 98.0 Å². The minimum atomic E-state index is 0.383. The minimum absolute atomic E-state index is 0.383. The predicted molar refractivity (Wildman–Crippen MR) is 66.8 cm³/mol. The van der Waals surface area contributed by atoms with E-state index in [-0.39, 0.29) is 0 Å². The van der Waals surface area contributed by atoms with Crippen molar-refractivity contribution in [3.05, 3.63) is 29.3 Å². The summed E-state index contributed by atoms with van der Waals surface area (Å²) in [5.74, 6) is 0.971. The van der Waals surface area contributed by atoms with Crippen molar-refractivity contribution in [2.75, 3.05) is 7.11 Å². The molecular formula is C14H21NO. The highest BCUT2D eigenvalue weighted by Crippen LogP contribution is 2.31. The van der Waals surface area contributed by atoms with Crippen molar-refractivity contribution >= 4 is 0 Å². The summed E-state index contributed by atoms with van der Waals surface area (Å²) in [6.45, 7) is 5.36. The van der Waals surface area contributed by atoms with E-state index in [9.17, 15) is 0 Å². The quantitative estimate of drug-likeness (QED) is 0.840. The van der Waals surface area contributed by atoms with Crippen LogP contribution in [-0.2, 0) is 6.54 Å². The number of hydrogen-bond donors (Lipinski definition) is 1. The maximum atomic E-state index is 5.26. The molecule has 1 N–H and O–H groups in total. The predicted octanol–water partition coefficient (Wildman–Crippen LogP) is 3.04. The van der Waals surface area contributed by atoms with Gasteiger partial charge in [-0.2, -0.15) is 0 Å². The lowest BCUT2D eigenvalue weighted by molar-refractivity contribution is 0.207. The molecule has 1 fully saturated rings. The smallest absolute Gasteiger partial charge is 0.121 e. The molecule has 0 amide bonds. The average molecular weight is 219 g/mol. The molecule has 0 atom stereocenters. The summed E-state index contributed by atoms with van der Waals surface area (Å²) in [5.41, 5.74) is 2.93. The van der Waals surface area contributed by atoms with Crippen molar-refractivity contribution in [3.8, 4) is 5.75 Å². The molecule has 0 aliphatic heterocycles. The van der Waals surface area contributed by atoms with Gasteiger partial charge in [-0.05, 0) is 50.3 Å². The lowest BCUT2D eigenvalue weighted by atomic mass is 9.78. The first-order valence-corrected chi connectivity index (χ1v) is 6.01. The second kappa shape index (κ2) is 4.46. The SMILES string of the molecule is COc1ccc(CNC2(C)CCC2)cc1C. The van der Waals surface area contributed by atoms with E-state index in [0.29, 0.717) is 5.54 Å². The largest absolute Gasteiger partial charge is 0.496 e. The van der Waals surface area contributed by atoms with Gasteiger partial charge in [-0.3, -0.25) is 0 Å². The van der Waals surface area contributed by atoms with Crippen LogP contribution < -0.4 is 10.1 Å². The van der Waals surface area contributed by atoms with Gasteiger partial charge in [0.05, 0.1) is 7.11 Å². The molecular weight excluding hydrogens is 198 g/mol. The number of nitrogens with one attached hydrogen (secondary N) is 1. The van der Waals surface area contributed by atoms with Gasteiger partial charge >= 0.3 is 0 Å². The summed E-state index contributed by atoms with van der Waals surface area (Å²) < 4.78 is 5.26. The molecule has 0 saturated heterocycles. The van der Waals surface area contributed by atoms with Crippen LogP contribution in [0.3, 0.4) is 0 Å². The number of aryl methyl sites for hydroxylation is 1. The van der Waals surface area contributed by atoms with E-state index < -0.39 is 0 Å². The fourth-order valence-corrected chi connectivity index (χ4v) is 2.25. The van der Waals surface area contributed by atoms with Crippen molar-refractivity contribution in [1.29, 1.82) is 0 Å². The van der Waals surface area contributed by atoms with Crippen LogP contribution >= 0.6 is 0 Å². The fourth-order valence-electron chi connectivity index (χ4n) is 2.25. The molecule has 1 aromatic rings. The van der Waals surface area contributed by atoms with E-state index >= 15 is 0 Å². The third-order valence-electron chi connectivity index (χ3n) is 3.64. The van der Waals surface area contributed by atoms with Gasteiger partial charge in [0.15, 0.2) is 0 Å². The van der Waals surface area contributed by atoms with Gasteiger partial charge in [0, 0.05) is 12.1 Å². The van der Waals surface area contributed by atoms with Crippen LogP contribution in [0.25, 0.3) is 0 Å². The van der Waals surface area contributed by atoms with Crippen molar-refractivity contribution in [2.24, 2.45) is 0 Å². The van der Waals surface area contributed by atoms with Gasteiger partial charge < -0.3 is 10.1 Å². The zero-order chi connectivity index (χ0) is 11.6. The number of hydrogen-bond acceptors (Lipinski definition) is 2. The average Bonchev–Trinajstić information content (AvgIpc) is 2.24. The molecule has 1 aromatic carbocycles. The lowest BCUT2D eigenvalue weighted by Crippen LogP contribution is -2.47. The standard InChI is InChI=1S/C14H21NO/c1-11-9-12(5-6-13(11)16-3)10-15-14(2)7-4-8-14/h5-6,9,15H,4,7-8,10H2,1-3H3. The number of benzene rings is 1. The third kappa shape index (κ3) is 2.38. The van der Waals surface area contributed by atoms with E-state index in [2.05, 4.69) is 37.4 Å². The lowest BCUT2D eigenvalue weighted by Gasteiger charge is -2.39. The Morgan fingerprint density at radius 3 is 2.62 bits per heavy atom. The summed E-state index contributed by atoms with van der Waals surface area (Å²) >= 11 is 0. The van der Waals surface area contributed by atoms with E-state index in [4.69, 9.17) is 4.74 Å². The van der Waals surface area contributed by atoms with Gasteiger partial charge in [-0.15, -0.1) is 0 Å². The van der Waals surface area contributed by atoms with Gasteiger partial charge in [0.1, 0.15) is 5.75 Å². The van der Waals surface area contributed by atoms with E-state index in [1.807, 2.05) is 0 Å². The Morgan fingerprint density at radius 1 is 1.38 bits per heavy atom. The van der Waals surface area contributed by atoms with Crippen molar-refractivity contribution in [3.63, 3.8) is 0 Å². The van der Waals surface area contributed by atoms with Gasteiger partial charge in [-0.1, -0.05) is 12.1 Å². The molecule has 0 radical (unpaired) electrons. The molecule has 2 nitrogen and oxygen atoms in total. The molecule has 16 heavy (non-hydrogen) atoms. The topological polar surface area (TPSA) is 21.3 Å². The van der Waals surface area contributed by atoms with Gasteiger partial charge in [-0.25, -0.2) is 0 Å². The molecule has 1 saturated carbocycles. The zero-order valence-corrected chi connectivity index (χ0v) is 10.5. The molecule has 0 unspecified atom stereocenters. The van der Waals surface area contributed by atoms with Crippen LogP contribution in [0.1, 0.15) is 37.3 Å². The molecule has 0 spiro atoms. The first-order valence-electron chi connectivity index (χ1n) is 6.01. The summed E-state index contributed by atoms with van der Waals surface area (Å²) in [5, 5.41) is 3.64. The number of rotatable bonds is 4. The first kappa shape index (κ1) is 11.5. The Balaban J connectivity index is 1.97. The van der Waals surface area contributed by atoms with E-state index in [0.717, 1.165) is 12.3 Å². The van der Waals surface area contributed by atoms with Gasteiger partial charge in [0.25, 0.3) is 0 Å². The van der Waals surface area contributed by atoms with Crippen molar-refractivity contribution < 1.29 is 4.74 Å². The Bertz CT molecular complexity index is 369. The van der Waals surface area contributed by atoms with Crippen LogP contribution in [-0.4, -0.2) is 12.6 Å². The van der Waals surface area contributed by atoms with Crippen molar-refractivity contribution in [1.82, 2.24) is 5.32 Å². The second-order valence-corrected chi connectivity index (χ2v) is 5.07. The Hall–Kier alpha value is -1.02. The highest BCUT2D eigenvalue weighted by atomic mass is 16.5. The molecule has 1 aliphatic carbocycles. The molecule has 88 valence electrons. The third-order valence-corrected chi connectivity index (χ3v) is 3.64. The van der Waals surface area contributed by atoms with Crippen LogP contribution in [0.15, 0.2) is 18.2 Å². The summed E-state index contributed by atoms with van der Waals surface area (Å²) in [6, 6.07) is 6.39. The first-order chi connectivity index (χ1) is 7.63. The molecule has 0 aromatic heterocycles. The van der Waals surface area contributed by atoms with Crippen LogP contribution in [0.4, 0.5) is 0 Å². The maximum absolute atomic E-state index is 5.26. The molecule has 1 aliphatic rings. The monoisotopic (exact) mass is 219 g/mol. The normalized spacial score (nSPS) is 17.9. The van der Waals surface area contributed by atoms with Crippen LogP contribution in [0, 0.1) is 6.92 Å². The highest BCUT2D eigenvalue weighted by Gasteiger charge is 2.30. The highest BCUT2D eigenvalue weighted by molar-refractivity contribution is 5.36. The summed E-state index contributed by atoms with van der Waals surface area (Å²) in [6.07, 6.45) is 3.98. The summed E-state index contributed by atoms with van der Waals surface area (Å²) in [7, 11) is 1.72.